The molecule has 20 heavy (non-hydrogen) atoms. The minimum atomic E-state index is -0.102. The predicted molar refractivity (Wildman–Crippen MR) is 79.0 cm³/mol. The van der Waals surface area contributed by atoms with E-state index < -0.39 is 0 Å². The molecule has 6 nitrogen and oxygen atoms in total. The molecule has 0 spiro atoms. The highest BCUT2D eigenvalue weighted by molar-refractivity contribution is 7.21. The van der Waals surface area contributed by atoms with Crippen LogP contribution in [0, 0.1) is 12.8 Å². The second kappa shape index (κ2) is 5.06. The predicted octanol–water partition coefficient (Wildman–Crippen LogP) is 1.29. The van der Waals surface area contributed by atoms with E-state index in [0.717, 1.165) is 35.5 Å². The topological polar surface area (TPSA) is 82.2 Å². The van der Waals surface area contributed by atoms with Crippen molar-refractivity contribution in [1.29, 1.82) is 0 Å². The monoisotopic (exact) mass is 294 g/mol. The number of thiophene rings is 1. The number of hydrogen-bond donors (Lipinski definition) is 2. The molecule has 108 valence electrons. The fourth-order valence-corrected chi connectivity index (χ4v) is 3.66. The fraction of sp³-hybridized carbons (Fsp3) is 0.538. The molecule has 1 aliphatic rings. The zero-order valence-electron chi connectivity index (χ0n) is 11.6. The lowest BCUT2D eigenvalue weighted by molar-refractivity contribution is 0.0950. The van der Waals surface area contributed by atoms with Gasteiger partial charge in [-0.05, 0) is 13.3 Å². The van der Waals surface area contributed by atoms with Crippen LogP contribution in [0.3, 0.4) is 0 Å². The van der Waals surface area contributed by atoms with Gasteiger partial charge in [-0.1, -0.05) is 0 Å². The van der Waals surface area contributed by atoms with E-state index in [0.29, 0.717) is 23.0 Å². The number of anilines is 1. The van der Waals surface area contributed by atoms with Crippen molar-refractivity contribution in [2.24, 2.45) is 13.0 Å². The van der Waals surface area contributed by atoms with Crippen LogP contribution in [0.15, 0.2) is 0 Å². The van der Waals surface area contributed by atoms with Crippen LogP contribution in [-0.4, -0.2) is 35.4 Å². The Morgan fingerprint density at radius 3 is 3.10 bits per heavy atom. The molecule has 3 heterocycles. The molecule has 0 saturated carbocycles. The first-order chi connectivity index (χ1) is 9.58. The number of nitrogen functional groups attached to an aromatic ring is 1. The summed E-state index contributed by atoms with van der Waals surface area (Å²) in [4.78, 5) is 13.8. The van der Waals surface area contributed by atoms with Crippen LogP contribution in [0.4, 0.5) is 5.69 Å². The first kappa shape index (κ1) is 13.4. The summed E-state index contributed by atoms with van der Waals surface area (Å²) in [7, 11) is 1.86. The van der Waals surface area contributed by atoms with Gasteiger partial charge < -0.3 is 15.8 Å². The maximum atomic E-state index is 12.3. The van der Waals surface area contributed by atoms with E-state index in [9.17, 15) is 4.79 Å². The fourth-order valence-electron chi connectivity index (χ4n) is 2.56. The van der Waals surface area contributed by atoms with Gasteiger partial charge in [0.2, 0.25) is 0 Å². The van der Waals surface area contributed by atoms with Crippen molar-refractivity contribution < 1.29 is 9.53 Å². The number of hydrogen-bond acceptors (Lipinski definition) is 5. The van der Waals surface area contributed by atoms with Crippen molar-refractivity contribution in [2.75, 3.05) is 25.5 Å². The maximum Gasteiger partial charge on any atom is 0.263 e. The summed E-state index contributed by atoms with van der Waals surface area (Å²) in [6, 6.07) is 0. The SMILES string of the molecule is Cc1nn(C)c2sc(C(=O)NCC3CCOC3)c(N)c12. The Labute approximate surface area is 120 Å². The summed E-state index contributed by atoms with van der Waals surface area (Å²) in [6.07, 6.45) is 1.01. The lowest BCUT2D eigenvalue weighted by Crippen LogP contribution is -2.29. The Hall–Kier alpha value is -1.60. The van der Waals surface area contributed by atoms with Crippen molar-refractivity contribution in [1.82, 2.24) is 15.1 Å². The number of aromatic nitrogens is 2. The van der Waals surface area contributed by atoms with E-state index in [1.807, 2.05) is 14.0 Å². The molecule has 1 unspecified atom stereocenters. The van der Waals surface area contributed by atoms with Crippen LogP contribution in [0.2, 0.25) is 0 Å². The second-order valence-corrected chi connectivity index (χ2v) is 6.17. The Bertz CT molecular complexity index is 655. The van der Waals surface area contributed by atoms with E-state index in [-0.39, 0.29) is 5.91 Å². The third kappa shape index (κ3) is 2.16. The molecule has 0 radical (unpaired) electrons. The van der Waals surface area contributed by atoms with Crippen molar-refractivity contribution in [3.05, 3.63) is 10.6 Å². The number of nitrogens with zero attached hydrogens (tertiary/aromatic N) is 2. The Balaban J connectivity index is 1.80. The van der Waals surface area contributed by atoms with Crippen molar-refractivity contribution >= 4 is 33.1 Å². The molecule has 0 bridgehead atoms. The van der Waals surface area contributed by atoms with Crippen LogP contribution < -0.4 is 11.1 Å². The summed E-state index contributed by atoms with van der Waals surface area (Å²) in [5.41, 5.74) is 7.51. The number of fused-ring (bicyclic) bond motifs is 1. The number of ether oxygens (including phenoxy) is 1. The van der Waals surface area contributed by atoms with Gasteiger partial charge in [0.15, 0.2) is 0 Å². The zero-order chi connectivity index (χ0) is 14.3. The van der Waals surface area contributed by atoms with Gasteiger partial charge in [-0.25, -0.2) is 0 Å². The molecule has 1 atom stereocenters. The average Bonchev–Trinajstić information content (AvgIpc) is 3.08. The van der Waals surface area contributed by atoms with Crippen LogP contribution in [0.5, 0.6) is 0 Å². The Kier molecular flexibility index (Phi) is 3.39. The summed E-state index contributed by atoms with van der Waals surface area (Å²) in [5.74, 6) is 0.313. The van der Waals surface area contributed by atoms with E-state index in [1.165, 1.54) is 11.3 Å². The molecule has 2 aromatic rings. The molecule has 1 aliphatic heterocycles. The minimum Gasteiger partial charge on any atom is -0.397 e. The maximum absolute atomic E-state index is 12.3. The summed E-state index contributed by atoms with van der Waals surface area (Å²) < 4.78 is 7.07. The zero-order valence-corrected chi connectivity index (χ0v) is 12.4. The van der Waals surface area contributed by atoms with Crippen molar-refractivity contribution in [3.8, 4) is 0 Å². The third-order valence-corrected chi connectivity index (χ3v) is 4.93. The van der Waals surface area contributed by atoms with Crippen LogP contribution in [0.25, 0.3) is 10.2 Å². The molecule has 2 aromatic heterocycles. The highest BCUT2D eigenvalue weighted by atomic mass is 32.1. The molecular formula is C13H18N4O2S. The minimum absolute atomic E-state index is 0.102. The Morgan fingerprint density at radius 1 is 1.65 bits per heavy atom. The lowest BCUT2D eigenvalue weighted by atomic mass is 10.1. The average molecular weight is 294 g/mol. The quantitative estimate of drug-likeness (QED) is 0.893. The molecule has 0 aliphatic carbocycles. The summed E-state index contributed by atoms with van der Waals surface area (Å²) in [5, 5.41) is 8.17. The number of amides is 1. The highest BCUT2D eigenvalue weighted by Crippen LogP contribution is 2.35. The van der Waals surface area contributed by atoms with Gasteiger partial charge in [-0.15, -0.1) is 11.3 Å². The largest absolute Gasteiger partial charge is 0.397 e. The molecule has 7 heteroatoms. The van der Waals surface area contributed by atoms with Gasteiger partial charge in [-0.3, -0.25) is 9.48 Å². The van der Waals surface area contributed by atoms with Crippen molar-refractivity contribution in [3.63, 3.8) is 0 Å². The highest BCUT2D eigenvalue weighted by Gasteiger charge is 2.22. The van der Waals surface area contributed by atoms with E-state index in [4.69, 9.17) is 10.5 Å². The number of carbonyl (C=O) groups excluding carboxylic acids is 1. The molecule has 3 rings (SSSR count). The molecule has 1 saturated heterocycles. The number of carbonyl (C=O) groups is 1. The number of aryl methyl sites for hydroxylation is 2. The van der Waals surface area contributed by atoms with Gasteiger partial charge in [0, 0.05) is 26.1 Å². The lowest BCUT2D eigenvalue weighted by Gasteiger charge is -2.08. The molecule has 1 amide bonds. The Morgan fingerprint density at radius 2 is 2.45 bits per heavy atom. The van der Waals surface area contributed by atoms with Gasteiger partial charge in [0.25, 0.3) is 5.91 Å². The van der Waals surface area contributed by atoms with Gasteiger partial charge >= 0.3 is 0 Å². The van der Waals surface area contributed by atoms with Gasteiger partial charge in [0.1, 0.15) is 9.71 Å². The molecule has 0 aromatic carbocycles. The first-order valence-corrected chi connectivity index (χ1v) is 7.47. The normalized spacial score (nSPS) is 18.8. The van der Waals surface area contributed by atoms with Crippen molar-refractivity contribution in [2.45, 2.75) is 13.3 Å². The summed E-state index contributed by atoms with van der Waals surface area (Å²) in [6.45, 7) is 4.06. The third-order valence-electron chi connectivity index (χ3n) is 3.66. The van der Waals surface area contributed by atoms with Gasteiger partial charge in [0.05, 0.1) is 23.4 Å². The number of rotatable bonds is 3. The standard InChI is InChI=1S/C13H18N4O2S/c1-7-9-10(14)11(20-13(9)17(2)16-7)12(18)15-5-8-3-4-19-6-8/h8H,3-6,14H2,1-2H3,(H,15,18). The molecule has 3 N–H and O–H groups in total. The second-order valence-electron chi connectivity index (χ2n) is 5.17. The van der Waals surface area contributed by atoms with Crippen LogP contribution in [-0.2, 0) is 11.8 Å². The van der Waals surface area contributed by atoms with E-state index in [2.05, 4.69) is 10.4 Å². The molecular weight excluding hydrogens is 276 g/mol. The van der Waals surface area contributed by atoms with E-state index in [1.54, 1.807) is 4.68 Å². The van der Waals surface area contributed by atoms with Gasteiger partial charge in [-0.2, -0.15) is 5.10 Å². The molecule has 1 fully saturated rings. The number of nitrogens with one attached hydrogen (secondary N) is 1. The van der Waals surface area contributed by atoms with Crippen LogP contribution in [0.1, 0.15) is 21.8 Å². The smallest absolute Gasteiger partial charge is 0.263 e. The first-order valence-electron chi connectivity index (χ1n) is 6.65. The summed E-state index contributed by atoms with van der Waals surface area (Å²) >= 11 is 1.39. The van der Waals surface area contributed by atoms with E-state index >= 15 is 0 Å². The van der Waals surface area contributed by atoms with Crippen LogP contribution >= 0.6 is 11.3 Å². The number of nitrogens with two attached hydrogens (primary N) is 1.